The van der Waals surface area contributed by atoms with Crippen LogP contribution in [0.4, 0.5) is 0 Å². The van der Waals surface area contributed by atoms with E-state index in [0.29, 0.717) is 30.3 Å². The zero-order chi connectivity index (χ0) is 27.5. The number of esters is 1. The molecule has 3 unspecified atom stereocenters. The molecule has 0 saturated carbocycles. The highest BCUT2D eigenvalue weighted by molar-refractivity contribution is 7.55. The fourth-order valence-electron chi connectivity index (χ4n) is 3.63. The van der Waals surface area contributed by atoms with Gasteiger partial charge >= 0.3 is 13.6 Å². The van der Waals surface area contributed by atoms with Crippen molar-refractivity contribution in [1.29, 1.82) is 0 Å². The van der Waals surface area contributed by atoms with Crippen LogP contribution in [0.5, 0.6) is 11.5 Å². The molecule has 0 aliphatic heterocycles. The van der Waals surface area contributed by atoms with Gasteiger partial charge in [-0.1, -0.05) is 66.7 Å². The van der Waals surface area contributed by atoms with Crippen LogP contribution in [0.25, 0.3) is 0 Å². The van der Waals surface area contributed by atoms with Crippen molar-refractivity contribution in [2.24, 2.45) is 0 Å². The van der Waals surface area contributed by atoms with Gasteiger partial charge in [0, 0.05) is 0 Å². The Kier molecular flexibility index (Phi) is 11.0. The van der Waals surface area contributed by atoms with Crippen LogP contribution < -0.4 is 9.47 Å². The first kappa shape index (κ1) is 29.4. The number of carbonyl (C=O) groups is 1. The van der Waals surface area contributed by atoms with Crippen LogP contribution in [-0.4, -0.2) is 24.3 Å². The standard InChI is InChI=1S/C30H37O7P/c1-6-35-38(32,24(5)30(31)36-22(2)3)37-23(4)27-17-18-28(33-20-25-13-9-7-10-14-25)29(19-27)34-21-26-15-11-8-12-16-26/h7-19,22-24H,6,20-21H2,1-5H3. The maximum absolute atomic E-state index is 13.6. The van der Waals surface area contributed by atoms with E-state index >= 15 is 0 Å². The lowest BCUT2D eigenvalue weighted by Crippen LogP contribution is -2.25. The predicted octanol–water partition coefficient (Wildman–Crippen LogP) is 7.49. The van der Waals surface area contributed by atoms with Gasteiger partial charge in [0.1, 0.15) is 13.2 Å². The summed E-state index contributed by atoms with van der Waals surface area (Å²) in [5.41, 5.74) is 1.66. The van der Waals surface area contributed by atoms with E-state index in [1.807, 2.05) is 66.7 Å². The predicted molar refractivity (Wildman–Crippen MR) is 147 cm³/mol. The molecule has 0 aliphatic carbocycles. The molecule has 3 aromatic carbocycles. The van der Waals surface area contributed by atoms with Crippen LogP contribution in [0.1, 0.15) is 57.4 Å². The summed E-state index contributed by atoms with van der Waals surface area (Å²) in [6.45, 7) is 9.28. The first-order valence-electron chi connectivity index (χ1n) is 12.8. The highest BCUT2D eigenvalue weighted by Crippen LogP contribution is 2.56. The number of hydrogen-bond donors (Lipinski definition) is 0. The van der Waals surface area contributed by atoms with Gasteiger partial charge in [0.15, 0.2) is 17.2 Å². The van der Waals surface area contributed by atoms with Gasteiger partial charge in [-0.3, -0.25) is 9.36 Å². The minimum Gasteiger partial charge on any atom is -0.485 e. The molecule has 8 heteroatoms. The number of rotatable bonds is 14. The zero-order valence-electron chi connectivity index (χ0n) is 22.7. The van der Waals surface area contributed by atoms with Gasteiger partial charge in [-0.2, -0.15) is 0 Å². The molecule has 0 spiro atoms. The summed E-state index contributed by atoms with van der Waals surface area (Å²) in [7, 11) is -3.83. The van der Waals surface area contributed by atoms with Gasteiger partial charge in [0.05, 0.1) is 18.8 Å². The molecule has 3 rings (SSSR count). The van der Waals surface area contributed by atoms with Crippen LogP contribution in [0.2, 0.25) is 0 Å². The second-order valence-electron chi connectivity index (χ2n) is 9.12. The lowest BCUT2D eigenvalue weighted by atomic mass is 10.1. The van der Waals surface area contributed by atoms with Crippen LogP contribution in [0.15, 0.2) is 78.9 Å². The van der Waals surface area contributed by atoms with Crippen LogP contribution in [0, 0.1) is 0 Å². The number of hydrogen-bond acceptors (Lipinski definition) is 7. The molecule has 0 N–H and O–H groups in total. The Balaban J connectivity index is 1.83. The van der Waals surface area contributed by atoms with E-state index in [2.05, 4.69) is 0 Å². The van der Waals surface area contributed by atoms with Gasteiger partial charge < -0.3 is 23.3 Å². The summed E-state index contributed by atoms with van der Waals surface area (Å²) in [4.78, 5) is 12.5. The van der Waals surface area contributed by atoms with Crippen molar-refractivity contribution < 1.29 is 32.6 Å². The third kappa shape index (κ3) is 8.45. The van der Waals surface area contributed by atoms with E-state index < -0.39 is 25.3 Å². The largest absolute Gasteiger partial charge is 0.485 e. The summed E-state index contributed by atoms with van der Waals surface area (Å²) >= 11 is 0. The van der Waals surface area contributed by atoms with Crippen molar-refractivity contribution in [1.82, 2.24) is 0 Å². The van der Waals surface area contributed by atoms with E-state index in [0.717, 1.165) is 11.1 Å². The van der Waals surface area contributed by atoms with Crippen molar-refractivity contribution >= 4 is 13.6 Å². The van der Waals surface area contributed by atoms with E-state index in [9.17, 15) is 9.36 Å². The Hall–Kier alpha value is -3.12. The summed E-state index contributed by atoms with van der Waals surface area (Å²) in [6.07, 6.45) is -1.01. The van der Waals surface area contributed by atoms with Gasteiger partial charge in [0.2, 0.25) is 0 Å². The molecular weight excluding hydrogens is 503 g/mol. The van der Waals surface area contributed by atoms with Crippen molar-refractivity contribution in [3.05, 3.63) is 95.6 Å². The Morgan fingerprint density at radius 2 is 1.34 bits per heavy atom. The quantitative estimate of drug-likeness (QED) is 0.155. The Morgan fingerprint density at radius 1 is 0.789 bits per heavy atom. The number of ether oxygens (including phenoxy) is 3. The summed E-state index contributed by atoms with van der Waals surface area (Å²) in [6, 6.07) is 25.1. The summed E-state index contributed by atoms with van der Waals surface area (Å²) in [5.74, 6) is 0.472. The first-order chi connectivity index (χ1) is 18.2. The SMILES string of the molecule is CCOP(=O)(OC(C)c1ccc(OCc2ccccc2)c(OCc2ccccc2)c1)C(C)C(=O)OC(C)C. The van der Waals surface area contributed by atoms with E-state index in [1.165, 1.54) is 6.92 Å². The minimum absolute atomic E-state index is 0.126. The lowest BCUT2D eigenvalue weighted by molar-refractivity contribution is -0.147. The van der Waals surface area contributed by atoms with Crippen LogP contribution in [-0.2, 0) is 36.4 Å². The average molecular weight is 541 g/mol. The fraction of sp³-hybridized carbons (Fsp3) is 0.367. The molecule has 0 amide bonds. The molecule has 0 heterocycles. The molecule has 0 saturated heterocycles. The summed E-state index contributed by atoms with van der Waals surface area (Å²) < 4.78 is 42.6. The Morgan fingerprint density at radius 3 is 1.87 bits per heavy atom. The second kappa shape index (κ2) is 14.1. The molecule has 0 bridgehead atoms. The molecule has 0 fully saturated rings. The van der Waals surface area contributed by atoms with E-state index in [1.54, 1.807) is 39.8 Å². The third-order valence-electron chi connectivity index (χ3n) is 5.69. The van der Waals surface area contributed by atoms with Gasteiger partial charge in [-0.15, -0.1) is 0 Å². The monoisotopic (exact) mass is 540 g/mol. The maximum atomic E-state index is 13.6. The van der Waals surface area contributed by atoms with Crippen LogP contribution >= 0.6 is 7.60 Å². The van der Waals surface area contributed by atoms with Crippen molar-refractivity contribution in [3.8, 4) is 11.5 Å². The minimum atomic E-state index is -3.83. The van der Waals surface area contributed by atoms with E-state index in [4.69, 9.17) is 23.3 Å². The number of carbonyl (C=O) groups excluding carboxylic acids is 1. The number of benzene rings is 3. The highest BCUT2D eigenvalue weighted by atomic mass is 31.2. The third-order valence-corrected chi connectivity index (χ3v) is 8.08. The highest BCUT2D eigenvalue weighted by Gasteiger charge is 2.41. The normalized spacial score (nSPS) is 14.4. The Bertz CT molecular complexity index is 1200. The molecule has 0 aromatic heterocycles. The molecule has 7 nitrogen and oxygen atoms in total. The molecule has 204 valence electrons. The molecule has 3 atom stereocenters. The van der Waals surface area contributed by atoms with Gasteiger partial charge in [-0.25, -0.2) is 0 Å². The van der Waals surface area contributed by atoms with Gasteiger partial charge in [0.25, 0.3) is 0 Å². The topological polar surface area (TPSA) is 80.3 Å². The van der Waals surface area contributed by atoms with Crippen molar-refractivity contribution in [3.63, 3.8) is 0 Å². The first-order valence-corrected chi connectivity index (χ1v) is 14.4. The van der Waals surface area contributed by atoms with Crippen molar-refractivity contribution in [2.75, 3.05) is 6.61 Å². The molecule has 0 radical (unpaired) electrons. The smallest absolute Gasteiger partial charge is 0.345 e. The Labute approximate surface area is 225 Å². The molecule has 38 heavy (non-hydrogen) atoms. The molecule has 3 aromatic rings. The zero-order valence-corrected chi connectivity index (χ0v) is 23.6. The van der Waals surface area contributed by atoms with Gasteiger partial charge in [-0.05, 0) is 63.4 Å². The maximum Gasteiger partial charge on any atom is 0.345 e. The second-order valence-corrected chi connectivity index (χ2v) is 11.4. The van der Waals surface area contributed by atoms with Crippen LogP contribution in [0.3, 0.4) is 0 Å². The molecular formula is C30H37O7P. The fourth-order valence-corrected chi connectivity index (χ4v) is 5.34. The average Bonchev–Trinajstić information content (AvgIpc) is 2.91. The van der Waals surface area contributed by atoms with E-state index in [-0.39, 0.29) is 12.7 Å². The lowest BCUT2D eigenvalue weighted by Gasteiger charge is -2.27. The molecule has 0 aliphatic rings. The van der Waals surface area contributed by atoms with Crippen molar-refractivity contribution in [2.45, 2.75) is 65.7 Å². The summed E-state index contributed by atoms with van der Waals surface area (Å²) in [5, 5.41) is 0.